The Hall–Kier alpha value is -2.14. The van der Waals surface area contributed by atoms with Gasteiger partial charge in [-0.2, -0.15) is 4.68 Å². The van der Waals surface area contributed by atoms with E-state index in [1.807, 2.05) is 10.7 Å². The minimum atomic E-state index is 0.811. The van der Waals surface area contributed by atoms with Crippen LogP contribution in [0.3, 0.4) is 0 Å². The van der Waals surface area contributed by atoms with Crippen molar-refractivity contribution in [2.75, 3.05) is 18.0 Å². The van der Waals surface area contributed by atoms with Crippen LogP contribution in [0.2, 0.25) is 0 Å². The third kappa shape index (κ3) is 3.67. The third-order valence-corrected chi connectivity index (χ3v) is 4.77. The summed E-state index contributed by atoms with van der Waals surface area (Å²) in [7, 11) is 0. The van der Waals surface area contributed by atoms with Gasteiger partial charge in [-0.25, -0.2) is 0 Å². The van der Waals surface area contributed by atoms with Gasteiger partial charge in [-0.3, -0.25) is 0 Å². The maximum absolute atomic E-state index is 4.53. The molecule has 126 valence electrons. The molecule has 4 nitrogen and oxygen atoms in total. The first-order valence-corrected chi connectivity index (χ1v) is 9.48. The topological polar surface area (TPSA) is 34.0 Å². The number of rotatable bonds is 8. The molecule has 0 aliphatic rings. The zero-order chi connectivity index (χ0) is 16.8. The standard InChI is InChI=1S/C19H24N4S/c1-3-12-22(13-4-2)19-17(15-16-9-6-5-7-10-16)20-21-23(19)18-11-8-14-24-18/h5-11,14H,3-4,12-13,15H2,1-2H3. The Morgan fingerprint density at radius 2 is 1.75 bits per heavy atom. The molecule has 0 fully saturated rings. The lowest BCUT2D eigenvalue weighted by Crippen LogP contribution is -2.28. The molecule has 0 unspecified atom stereocenters. The highest BCUT2D eigenvalue weighted by atomic mass is 32.1. The highest BCUT2D eigenvalue weighted by Crippen LogP contribution is 2.27. The molecule has 2 heterocycles. The van der Waals surface area contributed by atoms with Crippen molar-refractivity contribution in [3.63, 3.8) is 0 Å². The van der Waals surface area contributed by atoms with E-state index in [1.165, 1.54) is 5.56 Å². The van der Waals surface area contributed by atoms with Crippen LogP contribution < -0.4 is 4.90 Å². The fourth-order valence-corrected chi connectivity index (χ4v) is 3.61. The maximum Gasteiger partial charge on any atom is 0.157 e. The van der Waals surface area contributed by atoms with E-state index < -0.39 is 0 Å². The zero-order valence-corrected chi connectivity index (χ0v) is 15.2. The van der Waals surface area contributed by atoms with E-state index in [2.05, 4.69) is 70.8 Å². The molecule has 0 radical (unpaired) electrons. The lowest BCUT2D eigenvalue weighted by Gasteiger charge is -2.24. The fraction of sp³-hybridized carbons (Fsp3) is 0.368. The second kappa shape index (κ2) is 8.11. The monoisotopic (exact) mass is 340 g/mol. The molecule has 0 atom stereocenters. The molecule has 2 aromatic heterocycles. The van der Waals surface area contributed by atoms with E-state index in [0.717, 1.165) is 48.9 Å². The van der Waals surface area contributed by atoms with E-state index in [4.69, 9.17) is 0 Å². The lowest BCUT2D eigenvalue weighted by molar-refractivity contribution is 0.707. The van der Waals surface area contributed by atoms with Gasteiger partial charge in [0.15, 0.2) is 5.82 Å². The summed E-state index contributed by atoms with van der Waals surface area (Å²) in [4.78, 5) is 2.43. The maximum atomic E-state index is 4.53. The highest BCUT2D eigenvalue weighted by Gasteiger charge is 2.20. The average Bonchev–Trinajstić information content (AvgIpc) is 3.25. The molecule has 0 saturated carbocycles. The Morgan fingerprint density at radius 1 is 1.00 bits per heavy atom. The van der Waals surface area contributed by atoms with Crippen molar-refractivity contribution in [1.29, 1.82) is 0 Å². The predicted octanol–water partition coefficient (Wildman–Crippen LogP) is 4.55. The van der Waals surface area contributed by atoms with E-state index in [0.29, 0.717) is 0 Å². The van der Waals surface area contributed by atoms with Crippen molar-refractivity contribution in [1.82, 2.24) is 15.0 Å². The number of hydrogen-bond donors (Lipinski definition) is 0. The largest absolute Gasteiger partial charge is 0.355 e. The smallest absolute Gasteiger partial charge is 0.157 e. The molecule has 5 heteroatoms. The van der Waals surface area contributed by atoms with E-state index in [1.54, 1.807) is 11.3 Å². The SMILES string of the molecule is CCCN(CCC)c1c(Cc2ccccc2)nnn1-c1cccs1. The van der Waals surface area contributed by atoms with E-state index in [-0.39, 0.29) is 0 Å². The summed E-state index contributed by atoms with van der Waals surface area (Å²) in [6.45, 7) is 6.49. The molecular weight excluding hydrogens is 316 g/mol. The minimum Gasteiger partial charge on any atom is -0.355 e. The van der Waals surface area contributed by atoms with Gasteiger partial charge in [-0.1, -0.05) is 49.4 Å². The van der Waals surface area contributed by atoms with Crippen LogP contribution in [-0.2, 0) is 6.42 Å². The molecule has 0 bridgehead atoms. The number of nitrogens with zero attached hydrogens (tertiary/aromatic N) is 4. The van der Waals surface area contributed by atoms with Crippen LogP contribution in [0.5, 0.6) is 0 Å². The number of hydrogen-bond acceptors (Lipinski definition) is 4. The summed E-state index contributed by atoms with van der Waals surface area (Å²) >= 11 is 1.70. The molecule has 0 amide bonds. The van der Waals surface area contributed by atoms with Crippen molar-refractivity contribution in [2.45, 2.75) is 33.1 Å². The molecule has 0 spiro atoms. The Balaban J connectivity index is 2.01. The number of benzene rings is 1. The van der Waals surface area contributed by atoms with Crippen LogP contribution in [0.15, 0.2) is 47.8 Å². The van der Waals surface area contributed by atoms with Gasteiger partial charge in [0.05, 0.1) is 0 Å². The molecule has 24 heavy (non-hydrogen) atoms. The summed E-state index contributed by atoms with van der Waals surface area (Å²) in [6, 6.07) is 14.7. The van der Waals surface area contributed by atoms with Crippen LogP contribution in [0, 0.1) is 0 Å². The van der Waals surface area contributed by atoms with Crippen molar-refractivity contribution in [2.24, 2.45) is 0 Å². The molecule has 1 aromatic carbocycles. The lowest BCUT2D eigenvalue weighted by atomic mass is 10.1. The Labute approximate surface area is 147 Å². The molecular formula is C19H24N4S. The van der Waals surface area contributed by atoms with E-state index >= 15 is 0 Å². The number of anilines is 1. The third-order valence-electron chi connectivity index (χ3n) is 3.93. The number of aromatic nitrogens is 3. The fourth-order valence-electron chi connectivity index (χ4n) is 2.93. The summed E-state index contributed by atoms with van der Waals surface area (Å²) in [6.07, 6.45) is 3.03. The van der Waals surface area contributed by atoms with Crippen molar-refractivity contribution in [3.05, 3.63) is 59.1 Å². The summed E-state index contributed by atoms with van der Waals surface area (Å²) in [5.74, 6) is 1.14. The molecule has 0 aliphatic carbocycles. The van der Waals surface area contributed by atoms with Crippen LogP contribution >= 0.6 is 11.3 Å². The molecule has 3 aromatic rings. The van der Waals surface area contributed by atoms with Gasteiger partial charge in [-0.05, 0) is 35.9 Å². The van der Waals surface area contributed by atoms with Crippen molar-refractivity contribution >= 4 is 17.2 Å². The molecule has 3 rings (SSSR count). The van der Waals surface area contributed by atoms with Gasteiger partial charge in [0.2, 0.25) is 0 Å². The minimum absolute atomic E-state index is 0.811. The van der Waals surface area contributed by atoms with Crippen LogP contribution in [0.4, 0.5) is 5.82 Å². The highest BCUT2D eigenvalue weighted by molar-refractivity contribution is 7.12. The van der Waals surface area contributed by atoms with Crippen LogP contribution in [-0.4, -0.2) is 28.1 Å². The first-order valence-electron chi connectivity index (χ1n) is 8.60. The summed E-state index contributed by atoms with van der Waals surface area (Å²) < 4.78 is 2.01. The van der Waals surface area contributed by atoms with Crippen molar-refractivity contribution < 1.29 is 0 Å². The van der Waals surface area contributed by atoms with Crippen molar-refractivity contribution in [3.8, 4) is 5.00 Å². The summed E-state index contributed by atoms with van der Waals surface area (Å²) in [5, 5.41) is 12.2. The van der Waals surface area contributed by atoms with Gasteiger partial charge < -0.3 is 4.90 Å². The van der Waals surface area contributed by atoms with Gasteiger partial charge in [-0.15, -0.1) is 16.4 Å². The zero-order valence-electron chi connectivity index (χ0n) is 14.4. The van der Waals surface area contributed by atoms with Gasteiger partial charge >= 0.3 is 0 Å². The van der Waals surface area contributed by atoms with Gasteiger partial charge in [0, 0.05) is 19.5 Å². The second-order valence-electron chi connectivity index (χ2n) is 5.87. The molecule has 0 saturated heterocycles. The average molecular weight is 340 g/mol. The Bertz CT molecular complexity index is 728. The Kier molecular flexibility index (Phi) is 5.64. The summed E-state index contributed by atoms with van der Waals surface area (Å²) in [5.41, 5.74) is 2.32. The van der Waals surface area contributed by atoms with Crippen LogP contribution in [0.25, 0.3) is 5.00 Å². The Morgan fingerprint density at radius 3 is 2.38 bits per heavy atom. The molecule has 0 N–H and O–H groups in total. The molecule has 0 aliphatic heterocycles. The van der Waals surface area contributed by atoms with Gasteiger partial charge in [0.1, 0.15) is 10.7 Å². The van der Waals surface area contributed by atoms with Crippen LogP contribution in [0.1, 0.15) is 37.9 Å². The van der Waals surface area contributed by atoms with E-state index in [9.17, 15) is 0 Å². The normalized spacial score (nSPS) is 10.9. The second-order valence-corrected chi connectivity index (χ2v) is 6.80. The quantitative estimate of drug-likeness (QED) is 0.603. The first kappa shape index (κ1) is 16.7. The predicted molar refractivity (Wildman–Crippen MR) is 101 cm³/mol. The first-order chi connectivity index (χ1) is 11.8. The van der Waals surface area contributed by atoms with Gasteiger partial charge in [0.25, 0.3) is 0 Å². The number of thiophene rings is 1.